The van der Waals surface area contributed by atoms with Crippen LogP contribution in [-0.2, 0) is 4.79 Å². The fraction of sp³-hybridized carbons (Fsp3) is 0.591. The second-order valence-electron chi connectivity index (χ2n) is 8.25. The Morgan fingerprint density at radius 3 is 2.55 bits per heavy atom. The average molecular weight is 414 g/mol. The highest BCUT2D eigenvalue weighted by atomic mass is 32.2. The molecule has 2 atom stereocenters. The van der Waals surface area contributed by atoms with E-state index in [-0.39, 0.29) is 17.1 Å². The molecule has 7 heteroatoms. The van der Waals surface area contributed by atoms with Gasteiger partial charge in [-0.05, 0) is 50.5 Å². The lowest BCUT2D eigenvalue weighted by molar-refractivity contribution is -0.120. The number of carbonyl (C=O) groups excluding carboxylic acids is 1. The molecule has 29 heavy (non-hydrogen) atoms. The first-order valence-electron chi connectivity index (χ1n) is 10.8. The summed E-state index contributed by atoms with van der Waals surface area (Å²) >= 11 is 1.53. The third kappa shape index (κ3) is 4.94. The van der Waals surface area contributed by atoms with E-state index in [1.165, 1.54) is 49.4 Å². The van der Waals surface area contributed by atoms with Crippen molar-refractivity contribution in [2.45, 2.75) is 68.3 Å². The number of rotatable bonds is 8. The molecule has 1 saturated carbocycles. The molecule has 0 radical (unpaired) electrons. The van der Waals surface area contributed by atoms with Crippen LogP contribution in [0.5, 0.6) is 0 Å². The predicted molar refractivity (Wildman–Crippen MR) is 118 cm³/mol. The Balaban J connectivity index is 1.37. The molecule has 2 aromatic rings. The van der Waals surface area contributed by atoms with Crippen LogP contribution in [0.2, 0.25) is 0 Å². The molecule has 1 saturated heterocycles. The second-order valence-corrected chi connectivity index (χ2v) is 9.56. The minimum atomic E-state index is -0.200. The summed E-state index contributed by atoms with van der Waals surface area (Å²) in [7, 11) is 0. The van der Waals surface area contributed by atoms with Crippen LogP contribution in [0.3, 0.4) is 0 Å². The molecule has 1 aliphatic heterocycles. The van der Waals surface area contributed by atoms with Gasteiger partial charge in [0.1, 0.15) is 0 Å². The standard InChI is InChI=1S/C22H31N5OS/c1-16(18-9-5-3-6-10-18)15-23-20(28)17(2)29-22-25-24-21(27(22)19-11-12-19)26-13-7-4-8-14-26/h3,5-6,9-10,16-17,19H,4,7-8,11-15H2,1-2H3,(H,23,28). The van der Waals surface area contributed by atoms with Crippen molar-refractivity contribution in [1.29, 1.82) is 0 Å². The fourth-order valence-electron chi connectivity index (χ4n) is 3.82. The van der Waals surface area contributed by atoms with E-state index in [4.69, 9.17) is 0 Å². The van der Waals surface area contributed by atoms with Crippen LogP contribution in [0, 0.1) is 0 Å². The Labute approximate surface area is 177 Å². The Hall–Kier alpha value is -2.02. The van der Waals surface area contributed by atoms with Gasteiger partial charge in [0.2, 0.25) is 11.9 Å². The quantitative estimate of drug-likeness (QED) is 0.663. The van der Waals surface area contributed by atoms with Crippen LogP contribution in [0.15, 0.2) is 35.5 Å². The third-order valence-electron chi connectivity index (χ3n) is 5.80. The average Bonchev–Trinajstić information content (AvgIpc) is 3.52. The van der Waals surface area contributed by atoms with Crippen molar-refractivity contribution < 1.29 is 4.79 Å². The van der Waals surface area contributed by atoms with E-state index in [1.807, 2.05) is 25.1 Å². The molecule has 0 bridgehead atoms. The molecule has 1 aliphatic carbocycles. The van der Waals surface area contributed by atoms with E-state index in [1.54, 1.807) is 0 Å². The number of nitrogens with one attached hydrogen (secondary N) is 1. The van der Waals surface area contributed by atoms with E-state index < -0.39 is 0 Å². The largest absolute Gasteiger partial charge is 0.355 e. The summed E-state index contributed by atoms with van der Waals surface area (Å²) in [6.07, 6.45) is 6.11. The Morgan fingerprint density at radius 2 is 1.86 bits per heavy atom. The maximum atomic E-state index is 12.7. The van der Waals surface area contributed by atoms with Crippen LogP contribution >= 0.6 is 11.8 Å². The van der Waals surface area contributed by atoms with Gasteiger partial charge in [0.15, 0.2) is 5.16 Å². The molecular formula is C22H31N5OS. The van der Waals surface area contributed by atoms with Crippen LogP contribution in [0.25, 0.3) is 0 Å². The molecular weight excluding hydrogens is 382 g/mol. The molecule has 2 unspecified atom stereocenters. The first-order chi connectivity index (χ1) is 14.1. The minimum Gasteiger partial charge on any atom is -0.355 e. The number of hydrogen-bond donors (Lipinski definition) is 1. The zero-order chi connectivity index (χ0) is 20.2. The number of aromatic nitrogens is 3. The molecule has 1 aromatic heterocycles. The van der Waals surface area contributed by atoms with Crippen LogP contribution < -0.4 is 10.2 Å². The summed E-state index contributed by atoms with van der Waals surface area (Å²) in [5.74, 6) is 1.35. The van der Waals surface area contributed by atoms with E-state index in [0.717, 1.165) is 24.2 Å². The van der Waals surface area contributed by atoms with Gasteiger partial charge in [0.05, 0.1) is 5.25 Å². The van der Waals surface area contributed by atoms with Gasteiger partial charge in [-0.2, -0.15) is 0 Å². The number of carbonyl (C=O) groups is 1. The summed E-state index contributed by atoms with van der Waals surface area (Å²) < 4.78 is 2.28. The Kier molecular flexibility index (Phi) is 6.43. The monoisotopic (exact) mass is 413 g/mol. The number of amides is 1. The molecule has 2 heterocycles. The molecule has 2 aliphatic rings. The Morgan fingerprint density at radius 1 is 1.14 bits per heavy atom. The van der Waals surface area contributed by atoms with Crippen molar-refractivity contribution in [2.24, 2.45) is 0 Å². The fourth-order valence-corrected chi connectivity index (χ4v) is 4.76. The topological polar surface area (TPSA) is 63.1 Å². The van der Waals surface area contributed by atoms with Crippen LogP contribution in [-0.4, -0.2) is 45.6 Å². The van der Waals surface area contributed by atoms with Crippen molar-refractivity contribution in [3.63, 3.8) is 0 Å². The number of hydrogen-bond acceptors (Lipinski definition) is 5. The summed E-state index contributed by atoms with van der Waals surface area (Å²) in [5, 5.41) is 12.8. The van der Waals surface area contributed by atoms with Crippen molar-refractivity contribution in [2.75, 3.05) is 24.5 Å². The lowest BCUT2D eigenvalue weighted by Crippen LogP contribution is -2.34. The minimum absolute atomic E-state index is 0.0580. The third-order valence-corrected chi connectivity index (χ3v) is 6.86. The molecule has 1 N–H and O–H groups in total. The molecule has 156 valence electrons. The molecule has 6 nitrogen and oxygen atoms in total. The highest BCUT2D eigenvalue weighted by Crippen LogP contribution is 2.42. The number of anilines is 1. The van der Waals surface area contributed by atoms with Gasteiger partial charge >= 0.3 is 0 Å². The van der Waals surface area contributed by atoms with Gasteiger partial charge in [0, 0.05) is 25.7 Å². The summed E-state index contributed by atoms with van der Waals surface area (Å²) in [4.78, 5) is 15.1. The summed E-state index contributed by atoms with van der Waals surface area (Å²) in [6.45, 7) is 6.86. The smallest absolute Gasteiger partial charge is 0.233 e. The predicted octanol–water partition coefficient (Wildman–Crippen LogP) is 4.00. The van der Waals surface area contributed by atoms with Crippen molar-refractivity contribution in [1.82, 2.24) is 20.1 Å². The van der Waals surface area contributed by atoms with Gasteiger partial charge < -0.3 is 10.2 Å². The summed E-state index contributed by atoms with van der Waals surface area (Å²) in [5.41, 5.74) is 1.24. The molecule has 2 fully saturated rings. The number of piperidine rings is 1. The van der Waals surface area contributed by atoms with E-state index in [0.29, 0.717) is 12.6 Å². The zero-order valence-corrected chi connectivity index (χ0v) is 18.2. The van der Waals surface area contributed by atoms with Crippen LogP contribution in [0.4, 0.5) is 5.95 Å². The van der Waals surface area contributed by atoms with E-state index >= 15 is 0 Å². The van der Waals surface area contributed by atoms with Gasteiger partial charge in [-0.1, -0.05) is 49.0 Å². The molecule has 1 amide bonds. The lowest BCUT2D eigenvalue weighted by atomic mass is 10.0. The maximum Gasteiger partial charge on any atom is 0.233 e. The number of nitrogens with zero attached hydrogens (tertiary/aromatic N) is 4. The lowest BCUT2D eigenvalue weighted by Gasteiger charge is -2.28. The van der Waals surface area contributed by atoms with E-state index in [2.05, 4.69) is 44.0 Å². The normalized spacial score (nSPS) is 19.0. The molecule has 0 spiro atoms. The van der Waals surface area contributed by atoms with Gasteiger partial charge in [0.25, 0.3) is 0 Å². The van der Waals surface area contributed by atoms with Gasteiger partial charge in [-0.3, -0.25) is 9.36 Å². The molecule has 4 rings (SSSR count). The maximum absolute atomic E-state index is 12.7. The van der Waals surface area contributed by atoms with E-state index in [9.17, 15) is 4.79 Å². The highest BCUT2D eigenvalue weighted by Gasteiger charge is 2.33. The van der Waals surface area contributed by atoms with Crippen molar-refractivity contribution >= 4 is 23.6 Å². The SMILES string of the molecule is CC(Sc1nnc(N2CCCCC2)n1C1CC1)C(=O)NCC(C)c1ccccc1. The highest BCUT2D eigenvalue weighted by molar-refractivity contribution is 8.00. The van der Waals surface area contributed by atoms with Crippen LogP contribution in [0.1, 0.15) is 63.5 Å². The zero-order valence-electron chi connectivity index (χ0n) is 17.4. The first-order valence-corrected chi connectivity index (χ1v) is 11.7. The molecule has 1 aromatic carbocycles. The second kappa shape index (κ2) is 9.20. The van der Waals surface area contributed by atoms with Gasteiger partial charge in [-0.25, -0.2) is 0 Å². The Bertz CT molecular complexity index is 814. The number of benzene rings is 1. The van der Waals surface area contributed by atoms with Crippen molar-refractivity contribution in [3.05, 3.63) is 35.9 Å². The van der Waals surface area contributed by atoms with Gasteiger partial charge in [-0.15, -0.1) is 10.2 Å². The summed E-state index contributed by atoms with van der Waals surface area (Å²) in [6, 6.07) is 10.8. The first kappa shape index (κ1) is 20.3. The van der Waals surface area contributed by atoms with Crippen molar-refractivity contribution in [3.8, 4) is 0 Å². The number of thioether (sulfide) groups is 1.